The van der Waals surface area contributed by atoms with Crippen LogP contribution in [0.5, 0.6) is 5.88 Å². The highest BCUT2D eigenvalue weighted by Crippen LogP contribution is 2.35. The fraction of sp³-hybridized carbons (Fsp3) is 0.192. The van der Waals surface area contributed by atoms with Crippen molar-refractivity contribution in [3.63, 3.8) is 0 Å². The number of nitriles is 1. The number of methoxy groups -OCH3 is 1. The molecule has 1 saturated heterocycles. The molecule has 0 aliphatic carbocycles. The number of anilines is 2. The van der Waals surface area contributed by atoms with E-state index in [0.29, 0.717) is 22.8 Å². The molecule has 0 saturated carbocycles. The lowest BCUT2D eigenvalue weighted by molar-refractivity contribution is 0.400. The van der Waals surface area contributed by atoms with Crippen LogP contribution in [0.1, 0.15) is 5.56 Å². The van der Waals surface area contributed by atoms with E-state index in [1.807, 2.05) is 12.1 Å². The Morgan fingerprint density at radius 1 is 1.03 bits per heavy atom. The third kappa shape index (κ3) is 4.81. The van der Waals surface area contributed by atoms with Gasteiger partial charge in [0, 0.05) is 61.0 Å². The molecule has 3 heterocycles. The third-order valence-corrected chi connectivity index (χ3v) is 7.61. The van der Waals surface area contributed by atoms with Crippen LogP contribution in [-0.2, 0) is 10.0 Å². The summed E-state index contributed by atoms with van der Waals surface area (Å²) in [7, 11) is -3.10. The third-order valence-electron chi connectivity index (χ3n) is 6.21. The molecule has 5 rings (SSSR count). The predicted octanol–water partition coefficient (Wildman–Crippen LogP) is 3.67. The summed E-state index contributed by atoms with van der Waals surface area (Å²) < 4.78 is 60.9. The molecule has 0 unspecified atom stereocenters. The number of aromatic nitrogens is 2. The molecular formula is C26H22F2N6O3S. The molecule has 1 aliphatic heterocycles. The smallest absolute Gasteiger partial charge is 0.264 e. The van der Waals surface area contributed by atoms with Gasteiger partial charge in [-0.2, -0.15) is 5.26 Å². The van der Waals surface area contributed by atoms with E-state index in [1.54, 1.807) is 12.3 Å². The number of pyridine rings is 2. The average molecular weight is 537 g/mol. The maximum absolute atomic E-state index is 14.2. The Hall–Kier alpha value is -4.34. The van der Waals surface area contributed by atoms with Crippen LogP contribution in [0.25, 0.3) is 21.9 Å². The van der Waals surface area contributed by atoms with Crippen molar-refractivity contribution in [3.05, 3.63) is 72.1 Å². The molecule has 0 spiro atoms. The number of nitrogens with zero attached hydrogens (tertiary/aromatic N) is 4. The van der Waals surface area contributed by atoms with Gasteiger partial charge in [-0.3, -0.25) is 4.72 Å². The van der Waals surface area contributed by atoms with Gasteiger partial charge in [-0.1, -0.05) is 12.1 Å². The summed E-state index contributed by atoms with van der Waals surface area (Å²) >= 11 is 0. The minimum atomic E-state index is -4.43. The number of sulfonamides is 1. The number of piperazine rings is 1. The molecule has 0 atom stereocenters. The summed E-state index contributed by atoms with van der Waals surface area (Å²) in [6.07, 6.45) is 3.08. The van der Waals surface area contributed by atoms with E-state index in [-0.39, 0.29) is 11.6 Å². The Kier molecular flexibility index (Phi) is 6.79. The number of fused-ring (bicyclic) bond motifs is 1. The van der Waals surface area contributed by atoms with Gasteiger partial charge in [-0.25, -0.2) is 27.2 Å². The van der Waals surface area contributed by atoms with E-state index in [4.69, 9.17) is 4.74 Å². The van der Waals surface area contributed by atoms with Crippen LogP contribution in [0.3, 0.4) is 0 Å². The molecule has 0 radical (unpaired) electrons. The Labute approximate surface area is 217 Å². The van der Waals surface area contributed by atoms with Crippen molar-refractivity contribution in [1.82, 2.24) is 15.3 Å². The SMILES string of the molecule is COc1ncc(-c2ccc3c(C#N)cnc(N4CCNCC4)c3c2)cc1NS(=O)(=O)c1ccc(F)cc1F. The van der Waals surface area contributed by atoms with E-state index < -0.39 is 26.6 Å². The van der Waals surface area contributed by atoms with Gasteiger partial charge in [-0.05, 0) is 29.8 Å². The maximum atomic E-state index is 14.2. The first-order valence-corrected chi connectivity index (χ1v) is 13.1. The summed E-state index contributed by atoms with van der Waals surface area (Å²) in [5.74, 6) is -1.41. The van der Waals surface area contributed by atoms with Gasteiger partial charge in [0.2, 0.25) is 5.88 Å². The van der Waals surface area contributed by atoms with E-state index in [9.17, 15) is 22.5 Å². The van der Waals surface area contributed by atoms with E-state index in [1.165, 1.54) is 19.4 Å². The minimum absolute atomic E-state index is 0.0277. The largest absolute Gasteiger partial charge is 0.480 e. The second-order valence-corrected chi connectivity index (χ2v) is 10.2. The van der Waals surface area contributed by atoms with E-state index in [0.717, 1.165) is 54.9 Å². The van der Waals surface area contributed by atoms with Crippen LogP contribution in [0.4, 0.5) is 20.3 Å². The fourth-order valence-corrected chi connectivity index (χ4v) is 5.47. The first-order chi connectivity index (χ1) is 18.3. The molecule has 4 aromatic rings. The van der Waals surface area contributed by atoms with Gasteiger partial charge >= 0.3 is 0 Å². The van der Waals surface area contributed by atoms with Crippen LogP contribution in [0.2, 0.25) is 0 Å². The first kappa shape index (κ1) is 25.3. The Balaban J connectivity index is 1.58. The predicted molar refractivity (Wildman–Crippen MR) is 138 cm³/mol. The average Bonchev–Trinajstić information content (AvgIpc) is 2.92. The molecule has 1 aliphatic rings. The molecule has 2 N–H and O–H groups in total. The summed E-state index contributed by atoms with van der Waals surface area (Å²) in [4.78, 5) is 10.2. The van der Waals surface area contributed by atoms with Gasteiger partial charge in [0.05, 0.1) is 12.7 Å². The lowest BCUT2D eigenvalue weighted by Crippen LogP contribution is -2.44. The molecule has 194 valence electrons. The number of hydrogen-bond donors (Lipinski definition) is 2. The van der Waals surface area contributed by atoms with Gasteiger partial charge in [0.25, 0.3) is 10.0 Å². The van der Waals surface area contributed by atoms with Gasteiger partial charge < -0.3 is 15.0 Å². The highest BCUT2D eigenvalue weighted by molar-refractivity contribution is 7.92. The topological polar surface area (TPSA) is 120 Å². The molecule has 1 fully saturated rings. The molecule has 0 amide bonds. The molecule has 2 aromatic carbocycles. The fourth-order valence-electron chi connectivity index (χ4n) is 4.36. The highest BCUT2D eigenvalue weighted by atomic mass is 32.2. The quantitative estimate of drug-likeness (QED) is 0.383. The second kappa shape index (κ2) is 10.2. The first-order valence-electron chi connectivity index (χ1n) is 11.6. The van der Waals surface area contributed by atoms with Crippen molar-refractivity contribution in [2.45, 2.75) is 4.90 Å². The molecule has 2 aromatic heterocycles. The Morgan fingerprint density at radius 3 is 2.53 bits per heavy atom. The van der Waals surface area contributed by atoms with Crippen LogP contribution in [0.15, 0.2) is 59.8 Å². The number of rotatable bonds is 6. The van der Waals surface area contributed by atoms with Crippen molar-refractivity contribution in [2.24, 2.45) is 0 Å². The van der Waals surface area contributed by atoms with E-state index in [2.05, 4.69) is 31.0 Å². The van der Waals surface area contributed by atoms with Crippen molar-refractivity contribution < 1.29 is 21.9 Å². The maximum Gasteiger partial charge on any atom is 0.264 e. The van der Waals surface area contributed by atoms with Gasteiger partial charge in [0.15, 0.2) is 0 Å². The van der Waals surface area contributed by atoms with Crippen LogP contribution < -0.4 is 19.7 Å². The number of halogens is 2. The lowest BCUT2D eigenvalue weighted by atomic mass is 10.00. The Morgan fingerprint density at radius 2 is 1.82 bits per heavy atom. The van der Waals surface area contributed by atoms with Crippen LogP contribution in [0, 0.1) is 23.0 Å². The van der Waals surface area contributed by atoms with Crippen molar-refractivity contribution in [1.29, 1.82) is 5.26 Å². The normalized spacial score (nSPS) is 13.8. The summed E-state index contributed by atoms with van der Waals surface area (Å²) in [6, 6.07) is 11.4. The zero-order chi connectivity index (χ0) is 26.9. The number of ether oxygens (including phenoxy) is 1. The number of benzene rings is 2. The van der Waals surface area contributed by atoms with Gasteiger partial charge in [0.1, 0.15) is 34.1 Å². The van der Waals surface area contributed by atoms with Crippen molar-refractivity contribution >= 4 is 32.3 Å². The van der Waals surface area contributed by atoms with E-state index >= 15 is 0 Å². The molecule has 0 bridgehead atoms. The molecule has 9 nitrogen and oxygen atoms in total. The summed E-state index contributed by atoms with van der Waals surface area (Å²) in [5.41, 5.74) is 1.64. The zero-order valence-electron chi connectivity index (χ0n) is 20.2. The van der Waals surface area contributed by atoms with Crippen LogP contribution >= 0.6 is 0 Å². The minimum Gasteiger partial charge on any atom is -0.480 e. The van der Waals surface area contributed by atoms with Crippen molar-refractivity contribution in [3.8, 4) is 23.1 Å². The monoisotopic (exact) mass is 536 g/mol. The summed E-state index contributed by atoms with van der Waals surface area (Å²) in [6.45, 7) is 3.13. The summed E-state index contributed by atoms with van der Waals surface area (Å²) in [5, 5.41) is 14.4. The number of hydrogen-bond acceptors (Lipinski definition) is 8. The lowest BCUT2D eigenvalue weighted by Gasteiger charge is -2.29. The standard InChI is InChI=1S/C26H22F2N6O3S/c1-37-26-23(33-38(35,36)24-5-3-19(27)12-22(24)28)11-17(14-32-26)16-2-4-20-18(13-29)15-31-25(21(20)10-16)34-8-6-30-7-9-34/h2-5,10-12,14-15,30,33H,6-9H2,1H3. The number of nitrogens with one attached hydrogen (secondary N) is 2. The highest BCUT2D eigenvalue weighted by Gasteiger charge is 2.23. The zero-order valence-corrected chi connectivity index (χ0v) is 21.0. The second-order valence-electron chi connectivity index (χ2n) is 8.57. The van der Waals surface area contributed by atoms with Gasteiger partial charge in [-0.15, -0.1) is 0 Å². The molecule has 38 heavy (non-hydrogen) atoms. The Bertz CT molecular complexity index is 1680. The van der Waals surface area contributed by atoms with Crippen molar-refractivity contribution in [2.75, 3.05) is 42.9 Å². The molecular weight excluding hydrogens is 514 g/mol. The molecule has 12 heteroatoms. The van der Waals surface area contributed by atoms with Crippen LogP contribution in [-0.4, -0.2) is 51.7 Å².